The number of benzene rings is 1. The molecule has 2 aromatic heterocycles. The van der Waals surface area contributed by atoms with E-state index in [9.17, 15) is 4.79 Å². The van der Waals surface area contributed by atoms with Gasteiger partial charge >= 0.3 is 0 Å². The number of anilines is 1. The van der Waals surface area contributed by atoms with E-state index in [-0.39, 0.29) is 17.6 Å². The number of morpholine rings is 1. The van der Waals surface area contributed by atoms with Gasteiger partial charge in [0.05, 0.1) is 25.1 Å². The highest BCUT2D eigenvalue weighted by Crippen LogP contribution is 2.19. The first-order valence-electron chi connectivity index (χ1n) is 8.45. The smallest absolute Gasteiger partial charge is 0.292 e. The molecule has 4 rings (SSSR count). The molecular formula is C18H18N6O3. The summed E-state index contributed by atoms with van der Waals surface area (Å²) >= 11 is 0. The number of nitrogens with one attached hydrogen (secondary N) is 2. The number of allylic oxidation sites excluding steroid dienone is 1. The van der Waals surface area contributed by atoms with Crippen molar-refractivity contribution in [2.45, 2.75) is 0 Å². The van der Waals surface area contributed by atoms with E-state index >= 15 is 0 Å². The number of carbonyl (C=O) groups excluding carboxylic acids is 1. The summed E-state index contributed by atoms with van der Waals surface area (Å²) in [6, 6.07) is 5.31. The number of ether oxygens (including phenoxy) is 1. The highest BCUT2D eigenvalue weighted by molar-refractivity contribution is 6.09. The van der Waals surface area contributed by atoms with E-state index in [1.807, 2.05) is 0 Å². The molecule has 9 nitrogen and oxygen atoms in total. The number of nitrogen functional groups attached to an aromatic ring is 1. The quantitative estimate of drug-likeness (QED) is 0.602. The van der Waals surface area contributed by atoms with Crippen molar-refractivity contribution in [2.75, 3.05) is 32.0 Å². The van der Waals surface area contributed by atoms with Crippen molar-refractivity contribution >= 4 is 34.8 Å². The topological polar surface area (TPSA) is 134 Å². The molecule has 0 radical (unpaired) electrons. The molecule has 3 aromatic rings. The molecule has 0 spiro atoms. The third-order valence-electron chi connectivity index (χ3n) is 4.25. The molecule has 0 saturated carbocycles. The Hall–Kier alpha value is -3.46. The van der Waals surface area contributed by atoms with Gasteiger partial charge in [0.15, 0.2) is 5.58 Å². The van der Waals surface area contributed by atoms with Gasteiger partial charge in [0.2, 0.25) is 0 Å². The molecule has 1 saturated heterocycles. The van der Waals surface area contributed by atoms with Crippen molar-refractivity contribution in [1.82, 2.24) is 19.9 Å². The zero-order chi connectivity index (χ0) is 18.8. The molecule has 0 bridgehead atoms. The van der Waals surface area contributed by atoms with E-state index in [1.165, 1.54) is 6.20 Å². The van der Waals surface area contributed by atoms with Crippen molar-refractivity contribution < 1.29 is 13.9 Å². The van der Waals surface area contributed by atoms with Crippen molar-refractivity contribution in [3.8, 4) is 0 Å². The Morgan fingerprint density at radius 2 is 2.15 bits per heavy atom. The number of hydrogen-bond acceptors (Lipinski definition) is 7. The van der Waals surface area contributed by atoms with Crippen molar-refractivity contribution in [1.29, 1.82) is 5.41 Å². The van der Waals surface area contributed by atoms with Crippen LogP contribution in [0.4, 0.5) is 6.01 Å². The van der Waals surface area contributed by atoms with Crippen LogP contribution < -0.4 is 5.73 Å². The molecule has 9 heteroatoms. The second-order valence-electron chi connectivity index (χ2n) is 6.07. The zero-order valence-corrected chi connectivity index (χ0v) is 14.4. The van der Waals surface area contributed by atoms with Crippen LogP contribution >= 0.6 is 0 Å². The lowest BCUT2D eigenvalue weighted by Crippen LogP contribution is -2.40. The highest BCUT2D eigenvalue weighted by atomic mass is 16.5. The Morgan fingerprint density at radius 1 is 1.33 bits per heavy atom. The number of amides is 1. The number of imidazole rings is 1. The maximum atomic E-state index is 12.4. The number of nitrogens with zero attached hydrogens (tertiary/aromatic N) is 3. The predicted octanol–water partition coefficient (Wildman–Crippen LogP) is 1.69. The Labute approximate surface area is 154 Å². The van der Waals surface area contributed by atoms with Gasteiger partial charge in [-0.25, -0.2) is 4.98 Å². The largest absolute Gasteiger partial charge is 0.424 e. The van der Waals surface area contributed by atoms with Gasteiger partial charge in [0.1, 0.15) is 17.0 Å². The second kappa shape index (κ2) is 7.04. The fourth-order valence-corrected chi connectivity index (χ4v) is 2.84. The summed E-state index contributed by atoms with van der Waals surface area (Å²) in [6.07, 6.45) is 4.76. The Bertz CT molecular complexity index is 1030. The standard InChI is InChI=1S/C18H18N6O3/c19-12(11-1-3-15-13(9-11)23-18(20)27-15)2-4-16-21-10-14(22-16)17(25)24-5-7-26-8-6-24/h1-4,9-10,19H,5-8H2,(H2,20,23)(H,21,22). The van der Waals surface area contributed by atoms with E-state index < -0.39 is 0 Å². The van der Waals surface area contributed by atoms with Gasteiger partial charge in [-0.1, -0.05) is 0 Å². The lowest BCUT2D eigenvalue weighted by atomic mass is 10.1. The van der Waals surface area contributed by atoms with Gasteiger partial charge in [0, 0.05) is 18.7 Å². The Balaban J connectivity index is 1.46. The van der Waals surface area contributed by atoms with E-state index in [0.29, 0.717) is 54.5 Å². The molecule has 1 amide bonds. The first kappa shape index (κ1) is 17.0. The molecule has 0 atom stereocenters. The first-order valence-corrected chi connectivity index (χ1v) is 8.45. The molecule has 1 aromatic carbocycles. The van der Waals surface area contributed by atoms with Crippen LogP contribution in [0.15, 0.2) is 34.9 Å². The lowest BCUT2D eigenvalue weighted by Gasteiger charge is -2.26. The molecule has 3 heterocycles. The summed E-state index contributed by atoms with van der Waals surface area (Å²) in [5.41, 5.74) is 8.07. The minimum Gasteiger partial charge on any atom is -0.424 e. The number of carbonyl (C=O) groups is 1. The molecule has 0 unspecified atom stereocenters. The molecule has 1 aliphatic heterocycles. The van der Waals surface area contributed by atoms with Crippen LogP contribution in [-0.2, 0) is 4.74 Å². The summed E-state index contributed by atoms with van der Waals surface area (Å²) < 4.78 is 10.5. The molecule has 0 aliphatic carbocycles. The van der Waals surface area contributed by atoms with Crippen molar-refractivity contribution in [2.24, 2.45) is 0 Å². The van der Waals surface area contributed by atoms with Gasteiger partial charge in [-0.3, -0.25) is 4.79 Å². The zero-order valence-electron chi connectivity index (χ0n) is 14.4. The van der Waals surface area contributed by atoms with Crippen LogP contribution in [0, 0.1) is 5.41 Å². The van der Waals surface area contributed by atoms with Crippen LogP contribution in [0.3, 0.4) is 0 Å². The normalized spacial score (nSPS) is 14.9. The number of hydrogen-bond donors (Lipinski definition) is 3. The average molecular weight is 366 g/mol. The van der Waals surface area contributed by atoms with Gasteiger partial charge in [-0.2, -0.15) is 4.98 Å². The summed E-state index contributed by atoms with van der Waals surface area (Å²) in [5, 5.41) is 8.21. The third-order valence-corrected chi connectivity index (χ3v) is 4.25. The minimum atomic E-state index is -0.102. The van der Waals surface area contributed by atoms with E-state index in [0.717, 1.165) is 0 Å². The molecular weight excluding hydrogens is 348 g/mol. The fourth-order valence-electron chi connectivity index (χ4n) is 2.84. The molecule has 1 fully saturated rings. The molecule has 1 aliphatic rings. The molecule has 138 valence electrons. The van der Waals surface area contributed by atoms with Crippen LogP contribution in [-0.4, -0.2) is 57.8 Å². The van der Waals surface area contributed by atoms with Crippen LogP contribution in [0.1, 0.15) is 21.9 Å². The van der Waals surface area contributed by atoms with Gasteiger partial charge < -0.3 is 30.2 Å². The number of rotatable bonds is 4. The van der Waals surface area contributed by atoms with E-state index in [4.69, 9.17) is 20.3 Å². The maximum Gasteiger partial charge on any atom is 0.292 e. The third kappa shape index (κ3) is 3.58. The van der Waals surface area contributed by atoms with Crippen LogP contribution in [0.2, 0.25) is 0 Å². The summed E-state index contributed by atoms with van der Waals surface area (Å²) in [4.78, 5) is 25.4. The maximum absolute atomic E-state index is 12.4. The van der Waals surface area contributed by atoms with Crippen LogP contribution in [0.5, 0.6) is 0 Å². The highest BCUT2D eigenvalue weighted by Gasteiger charge is 2.19. The van der Waals surface area contributed by atoms with Gasteiger partial charge in [0.25, 0.3) is 11.9 Å². The Morgan fingerprint density at radius 3 is 2.96 bits per heavy atom. The van der Waals surface area contributed by atoms with E-state index in [2.05, 4.69) is 15.0 Å². The average Bonchev–Trinajstić information content (AvgIpc) is 3.31. The SMILES string of the molecule is N=C(C=Cc1ncc(C(=O)N2CCOCC2)[nH]1)c1ccc2oc(N)nc2c1. The van der Waals surface area contributed by atoms with Crippen molar-refractivity contribution in [3.05, 3.63) is 47.6 Å². The number of H-pyrrole nitrogens is 1. The predicted molar refractivity (Wildman–Crippen MR) is 99.6 cm³/mol. The minimum absolute atomic E-state index is 0.0947. The van der Waals surface area contributed by atoms with Crippen LogP contribution in [0.25, 0.3) is 17.2 Å². The molecule has 4 N–H and O–H groups in total. The van der Waals surface area contributed by atoms with Gasteiger partial charge in [-0.15, -0.1) is 0 Å². The van der Waals surface area contributed by atoms with E-state index in [1.54, 1.807) is 35.3 Å². The number of aromatic amines is 1. The Kier molecular flexibility index (Phi) is 4.43. The molecule has 27 heavy (non-hydrogen) atoms. The summed E-state index contributed by atoms with van der Waals surface area (Å²) in [7, 11) is 0. The fraction of sp³-hybridized carbons (Fsp3) is 0.222. The van der Waals surface area contributed by atoms with Gasteiger partial charge in [-0.05, 0) is 30.4 Å². The number of nitrogens with two attached hydrogens (primary N) is 1. The summed E-state index contributed by atoms with van der Waals surface area (Å²) in [5.74, 6) is 0.401. The monoisotopic (exact) mass is 366 g/mol. The number of fused-ring (bicyclic) bond motifs is 1. The lowest BCUT2D eigenvalue weighted by molar-refractivity contribution is 0.0299. The first-order chi connectivity index (χ1) is 13.1. The second-order valence-corrected chi connectivity index (χ2v) is 6.07. The van der Waals surface area contributed by atoms with Crippen molar-refractivity contribution in [3.63, 3.8) is 0 Å². The number of aromatic nitrogens is 3. The number of oxazole rings is 1. The summed E-state index contributed by atoms with van der Waals surface area (Å²) in [6.45, 7) is 2.24.